The highest BCUT2D eigenvalue weighted by Gasteiger charge is 2.20. The van der Waals surface area contributed by atoms with Gasteiger partial charge in [0.15, 0.2) is 0 Å². The zero-order valence-corrected chi connectivity index (χ0v) is 24.3. The molecular weight excluding hydrogens is 546 g/mol. The summed E-state index contributed by atoms with van der Waals surface area (Å²) < 4.78 is 6.48. The first-order valence-corrected chi connectivity index (χ1v) is 15.2. The Labute approximate surface area is 260 Å². The zero-order valence-electron chi connectivity index (χ0n) is 24.3. The Morgan fingerprint density at radius 2 is 0.956 bits per heavy atom. The van der Waals surface area contributed by atoms with Crippen molar-refractivity contribution in [2.24, 2.45) is 0 Å². The van der Waals surface area contributed by atoms with E-state index in [1.165, 1.54) is 54.6 Å². The van der Waals surface area contributed by atoms with Crippen LogP contribution in [0.1, 0.15) is 5.56 Å². The predicted molar refractivity (Wildman–Crippen MR) is 187 cm³/mol. The smallest absolute Gasteiger partial charge is 0.136 e. The molecule has 1 aromatic heterocycles. The number of furan rings is 1. The molecule has 0 amide bonds. The van der Waals surface area contributed by atoms with Crippen molar-refractivity contribution in [1.29, 1.82) is 5.26 Å². The van der Waals surface area contributed by atoms with Crippen LogP contribution in [-0.4, -0.2) is 0 Å². The van der Waals surface area contributed by atoms with Crippen LogP contribution in [0.15, 0.2) is 156 Å². The third-order valence-electron chi connectivity index (χ3n) is 9.09. The maximum atomic E-state index is 9.20. The van der Waals surface area contributed by atoms with E-state index in [4.69, 9.17) is 4.42 Å². The molecule has 9 aromatic rings. The number of hydrogen-bond donors (Lipinski definition) is 0. The van der Waals surface area contributed by atoms with Crippen molar-refractivity contribution in [3.8, 4) is 39.4 Å². The van der Waals surface area contributed by atoms with Gasteiger partial charge in [-0.15, -0.1) is 0 Å². The number of rotatable bonds is 3. The first-order chi connectivity index (χ1) is 22.3. The summed E-state index contributed by atoms with van der Waals surface area (Å²) in [5.41, 5.74) is 9.49. The minimum absolute atomic E-state index is 0.667. The first-order valence-electron chi connectivity index (χ1n) is 15.2. The minimum Gasteiger partial charge on any atom is -0.456 e. The van der Waals surface area contributed by atoms with Crippen molar-refractivity contribution in [2.75, 3.05) is 0 Å². The summed E-state index contributed by atoms with van der Waals surface area (Å²) in [6.45, 7) is 0. The number of benzene rings is 8. The van der Waals surface area contributed by atoms with Gasteiger partial charge >= 0.3 is 0 Å². The molecule has 9 rings (SSSR count). The number of nitrogens with zero attached hydrogens (tertiary/aromatic N) is 1. The summed E-state index contributed by atoms with van der Waals surface area (Å²) in [5, 5.41) is 18.7. The topological polar surface area (TPSA) is 36.9 Å². The van der Waals surface area contributed by atoms with Crippen LogP contribution in [0.3, 0.4) is 0 Å². The minimum atomic E-state index is 0.667. The van der Waals surface area contributed by atoms with Gasteiger partial charge in [-0.25, -0.2) is 0 Å². The van der Waals surface area contributed by atoms with E-state index >= 15 is 0 Å². The Hall–Kier alpha value is -6.17. The molecule has 0 aliphatic carbocycles. The highest BCUT2D eigenvalue weighted by atomic mass is 16.3. The Morgan fingerprint density at radius 3 is 1.58 bits per heavy atom. The van der Waals surface area contributed by atoms with Crippen LogP contribution in [0, 0.1) is 11.3 Å². The highest BCUT2D eigenvalue weighted by molar-refractivity contribution is 6.26. The molecule has 0 N–H and O–H groups in total. The van der Waals surface area contributed by atoms with Crippen molar-refractivity contribution in [3.05, 3.63) is 157 Å². The molecule has 2 heteroatoms. The third-order valence-corrected chi connectivity index (χ3v) is 9.09. The second-order valence-corrected chi connectivity index (χ2v) is 11.6. The molecule has 0 spiro atoms. The van der Waals surface area contributed by atoms with E-state index in [2.05, 4.69) is 133 Å². The largest absolute Gasteiger partial charge is 0.456 e. The van der Waals surface area contributed by atoms with Crippen LogP contribution in [0.25, 0.3) is 87.6 Å². The molecule has 8 aromatic carbocycles. The average Bonchev–Trinajstić information content (AvgIpc) is 3.47. The van der Waals surface area contributed by atoms with Crippen LogP contribution in [0.2, 0.25) is 0 Å². The quantitative estimate of drug-likeness (QED) is 0.198. The van der Waals surface area contributed by atoms with Gasteiger partial charge in [0.05, 0.1) is 11.6 Å². The normalized spacial score (nSPS) is 11.5. The van der Waals surface area contributed by atoms with Crippen molar-refractivity contribution in [2.45, 2.75) is 0 Å². The summed E-state index contributed by atoms with van der Waals surface area (Å²) in [4.78, 5) is 0. The van der Waals surface area contributed by atoms with E-state index in [0.717, 1.165) is 33.1 Å². The molecule has 0 aliphatic heterocycles. The molecule has 45 heavy (non-hydrogen) atoms. The Bertz CT molecular complexity index is 2580. The van der Waals surface area contributed by atoms with Crippen molar-refractivity contribution in [3.63, 3.8) is 0 Å². The SMILES string of the molecule is N#Cc1ccc(-c2ccc(-c3c4ccccc4c(-c4cccc5oc6cc7ccccc7cc6c45)c4ccccc34)cc2)cc1. The van der Waals surface area contributed by atoms with Gasteiger partial charge < -0.3 is 4.42 Å². The fraction of sp³-hybridized carbons (Fsp3) is 0. The predicted octanol–water partition coefficient (Wildman–Crippen LogP) is 11.9. The van der Waals surface area contributed by atoms with E-state index in [9.17, 15) is 5.26 Å². The molecule has 0 aliphatic rings. The second kappa shape index (κ2) is 9.95. The fourth-order valence-corrected chi connectivity index (χ4v) is 7.02. The van der Waals surface area contributed by atoms with Crippen LogP contribution >= 0.6 is 0 Å². The monoisotopic (exact) mass is 571 g/mol. The van der Waals surface area contributed by atoms with Gasteiger partial charge in [-0.3, -0.25) is 0 Å². The zero-order chi connectivity index (χ0) is 29.9. The van der Waals surface area contributed by atoms with Gasteiger partial charge in [0.25, 0.3) is 0 Å². The lowest BCUT2D eigenvalue weighted by molar-refractivity contribution is 0.669. The molecule has 0 unspecified atom stereocenters. The molecule has 0 bridgehead atoms. The summed E-state index contributed by atoms with van der Waals surface area (Å²) in [5.74, 6) is 0. The van der Waals surface area contributed by atoms with Crippen LogP contribution in [0.4, 0.5) is 0 Å². The molecule has 1 heterocycles. The summed E-state index contributed by atoms with van der Waals surface area (Å²) >= 11 is 0. The van der Waals surface area contributed by atoms with Gasteiger partial charge in [0.1, 0.15) is 11.2 Å². The maximum absolute atomic E-state index is 9.20. The van der Waals surface area contributed by atoms with Crippen LogP contribution in [-0.2, 0) is 0 Å². The van der Waals surface area contributed by atoms with Crippen LogP contribution < -0.4 is 0 Å². The Morgan fingerprint density at radius 1 is 0.422 bits per heavy atom. The first kappa shape index (κ1) is 25.3. The van der Waals surface area contributed by atoms with Gasteiger partial charge in [0.2, 0.25) is 0 Å². The van der Waals surface area contributed by atoms with Crippen LogP contribution in [0.5, 0.6) is 0 Å². The number of nitriles is 1. The lowest BCUT2D eigenvalue weighted by Crippen LogP contribution is -1.91. The average molecular weight is 572 g/mol. The molecular formula is C43H25NO. The standard InChI is InChI=1S/C43H25NO/c44-26-27-16-18-28(19-17-27)29-20-22-30(23-21-29)41-33-10-3-5-12-35(33)42(36-13-6-4-11-34(36)41)37-14-7-15-39-43(37)38-24-31-8-1-2-9-32(31)25-40(38)45-39/h1-25H. The van der Waals surface area contributed by atoms with Crippen molar-refractivity contribution >= 4 is 54.3 Å². The maximum Gasteiger partial charge on any atom is 0.136 e. The molecule has 0 fully saturated rings. The van der Waals surface area contributed by atoms with E-state index in [1.54, 1.807) is 0 Å². The van der Waals surface area contributed by atoms with E-state index in [-0.39, 0.29) is 0 Å². The van der Waals surface area contributed by atoms with Gasteiger partial charge in [-0.05, 0) is 96.0 Å². The van der Waals surface area contributed by atoms with Gasteiger partial charge in [0, 0.05) is 10.8 Å². The van der Waals surface area contributed by atoms with Gasteiger partial charge in [-0.2, -0.15) is 5.26 Å². The van der Waals surface area contributed by atoms with E-state index in [0.29, 0.717) is 5.56 Å². The highest BCUT2D eigenvalue weighted by Crippen LogP contribution is 2.47. The third kappa shape index (κ3) is 3.95. The molecule has 0 radical (unpaired) electrons. The van der Waals surface area contributed by atoms with Gasteiger partial charge in [-0.1, -0.05) is 121 Å². The Kier molecular flexibility index (Phi) is 5.60. The molecule has 0 saturated carbocycles. The molecule has 0 saturated heterocycles. The Balaban J connectivity index is 1.31. The summed E-state index contributed by atoms with van der Waals surface area (Å²) in [6, 6.07) is 55.6. The second-order valence-electron chi connectivity index (χ2n) is 11.6. The van der Waals surface area contributed by atoms with Crippen molar-refractivity contribution in [1.82, 2.24) is 0 Å². The fourth-order valence-electron chi connectivity index (χ4n) is 7.02. The van der Waals surface area contributed by atoms with Crippen molar-refractivity contribution < 1.29 is 4.42 Å². The summed E-state index contributed by atoms with van der Waals surface area (Å²) in [6.07, 6.45) is 0. The number of fused-ring (bicyclic) bond motifs is 6. The molecule has 0 atom stereocenters. The van der Waals surface area contributed by atoms with E-state index < -0.39 is 0 Å². The molecule has 2 nitrogen and oxygen atoms in total. The lowest BCUT2D eigenvalue weighted by Gasteiger charge is -2.18. The lowest BCUT2D eigenvalue weighted by atomic mass is 9.84. The molecule has 208 valence electrons. The summed E-state index contributed by atoms with van der Waals surface area (Å²) in [7, 11) is 0. The number of hydrogen-bond acceptors (Lipinski definition) is 2. The van der Waals surface area contributed by atoms with E-state index in [1.807, 2.05) is 24.3 Å².